The Kier molecular flexibility index (Phi) is 3.79. The number of ether oxygens (including phenoxy) is 3. The highest BCUT2D eigenvalue weighted by Crippen LogP contribution is 2.47. The summed E-state index contributed by atoms with van der Waals surface area (Å²) < 4.78 is 16.7. The van der Waals surface area contributed by atoms with E-state index in [1.54, 1.807) is 0 Å². The average molecular weight is 280 g/mol. The molecule has 2 aliphatic rings. The van der Waals surface area contributed by atoms with Gasteiger partial charge in [0.25, 0.3) is 0 Å². The first-order chi connectivity index (χ1) is 9.57. The van der Waals surface area contributed by atoms with E-state index < -0.39 is 12.6 Å². The maximum absolute atomic E-state index is 5.92. The highest BCUT2D eigenvalue weighted by molar-refractivity contribution is 5.35. The molecule has 20 heavy (non-hydrogen) atoms. The van der Waals surface area contributed by atoms with E-state index in [4.69, 9.17) is 24.0 Å². The third-order valence-corrected chi connectivity index (χ3v) is 3.64. The first kappa shape index (κ1) is 14.0. The van der Waals surface area contributed by atoms with Crippen LogP contribution < -0.4 is 0 Å². The molecular formula is C15H20O5. The van der Waals surface area contributed by atoms with Crippen LogP contribution in [-0.4, -0.2) is 19.9 Å². The lowest BCUT2D eigenvalue weighted by Gasteiger charge is -2.42. The zero-order valence-electron chi connectivity index (χ0n) is 12.0. The molecule has 2 aliphatic heterocycles. The molecule has 0 spiro atoms. The lowest BCUT2D eigenvalue weighted by molar-refractivity contribution is -0.417. The van der Waals surface area contributed by atoms with Gasteiger partial charge in [0, 0.05) is 11.5 Å². The van der Waals surface area contributed by atoms with E-state index in [0.29, 0.717) is 0 Å². The Morgan fingerprint density at radius 1 is 1.05 bits per heavy atom. The van der Waals surface area contributed by atoms with E-state index in [-0.39, 0.29) is 24.9 Å². The Labute approximate surface area is 118 Å². The lowest BCUT2D eigenvalue weighted by Crippen LogP contribution is -2.39. The highest BCUT2D eigenvalue weighted by atomic mass is 17.2. The van der Waals surface area contributed by atoms with Crippen molar-refractivity contribution in [3.05, 3.63) is 35.4 Å². The molecule has 0 radical (unpaired) electrons. The summed E-state index contributed by atoms with van der Waals surface area (Å²) in [5.74, 6) is 0.0525. The SMILES string of the molecule is CC(C)(C)[C@H]1c2ccccc2[C@@H]2OCOCOO[C@H]1O2. The summed E-state index contributed by atoms with van der Waals surface area (Å²) >= 11 is 0. The summed E-state index contributed by atoms with van der Waals surface area (Å²) in [4.78, 5) is 10.5. The molecule has 0 N–H and O–H groups in total. The molecule has 0 aromatic heterocycles. The van der Waals surface area contributed by atoms with Crippen LogP contribution in [0.5, 0.6) is 0 Å². The maximum atomic E-state index is 5.92. The second-order valence-corrected chi connectivity index (χ2v) is 6.13. The molecule has 5 heteroatoms. The second-order valence-electron chi connectivity index (χ2n) is 6.13. The predicted molar refractivity (Wildman–Crippen MR) is 70.3 cm³/mol. The molecule has 0 amide bonds. The molecule has 110 valence electrons. The van der Waals surface area contributed by atoms with Crippen molar-refractivity contribution >= 4 is 0 Å². The van der Waals surface area contributed by atoms with Crippen molar-refractivity contribution in [2.75, 3.05) is 13.6 Å². The van der Waals surface area contributed by atoms with Crippen LogP contribution in [-0.2, 0) is 24.0 Å². The van der Waals surface area contributed by atoms with Gasteiger partial charge in [-0.2, -0.15) is 0 Å². The highest BCUT2D eigenvalue weighted by Gasteiger charge is 2.44. The maximum Gasteiger partial charge on any atom is 0.201 e. The number of fused-ring (bicyclic) bond motifs is 4. The van der Waals surface area contributed by atoms with Crippen molar-refractivity contribution in [1.82, 2.24) is 0 Å². The average Bonchev–Trinajstić information content (AvgIpc) is 2.49. The van der Waals surface area contributed by atoms with Gasteiger partial charge in [-0.15, -0.1) is 0 Å². The van der Waals surface area contributed by atoms with E-state index in [0.717, 1.165) is 5.56 Å². The second kappa shape index (κ2) is 5.42. The summed E-state index contributed by atoms with van der Waals surface area (Å²) in [5, 5.41) is 0. The zero-order valence-corrected chi connectivity index (χ0v) is 12.0. The van der Waals surface area contributed by atoms with Gasteiger partial charge in [0.05, 0.1) is 0 Å². The van der Waals surface area contributed by atoms with Gasteiger partial charge in [0.2, 0.25) is 6.29 Å². The quantitative estimate of drug-likeness (QED) is 0.683. The molecule has 5 nitrogen and oxygen atoms in total. The smallest absolute Gasteiger partial charge is 0.201 e. The fourth-order valence-electron chi connectivity index (χ4n) is 2.78. The third kappa shape index (κ3) is 2.60. The first-order valence-corrected chi connectivity index (χ1v) is 6.79. The van der Waals surface area contributed by atoms with Crippen molar-refractivity contribution in [2.24, 2.45) is 5.41 Å². The summed E-state index contributed by atoms with van der Waals surface area (Å²) in [6.07, 6.45) is -1.01. The Morgan fingerprint density at radius 2 is 1.80 bits per heavy atom. The van der Waals surface area contributed by atoms with E-state index in [2.05, 4.69) is 26.8 Å². The molecule has 0 aliphatic carbocycles. The van der Waals surface area contributed by atoms with Gasteiger partial charge in [0.15, 0.2) is 19.9 Å². The lowest BCUT2D eigenvalue weighted by atomic mass is 9.73. The van der Waals surface area contributed by atoms with Gasteiger partial charge in [-0.1, -0.05) is 45.0 Å². The van der Waals surface area contributed by atoms with Crippen LogP contribution in [0.15, 0.2) is 24.3 Å². The van der Waals surface area contributed by atoms with Crippen molar-refractivity contribution in [3.63, 3.8) is 0 Å². The standard InChI is InChI=1S/C15H20O5/c1-15(2,3)12-10-6-4-5-7-11(10)13-17-8-16-9-18-20-14(12)19-13/h4-7,12-14H,8-9H2,1-3H3/t12-,13+,14+/m0/s1. The van der Waals surface area contributed by atoms with E-state index in [1.165, 1.54) is 5.56 Å². The van der Waals surface area contributed by atoms with Gasteiger partial charge in [-0.05, 0) is 11.0 Å². The Balaban J connectivity index is 2.04. The fourth-order valence-corrected chi connectivity index (χ4v) is 2.78. The predicted octanol–water partition coefficient (Wildman–Crippen LogP) is 3.08. The summed E-state index contributed by atoms with van der Waals surface area (Å²) in [5.41, 5.74) is 2.16. The minimum absolute atomic E-state index is 0.0276. The molecule has 1 aromatic carbocycles. The van der Waals surface area contributed by atoms with Gasteiger partial charge >= 0.3 is 0 Å². The molecule has 2 heterocycles. The largest absolute Gasteiger partial charge is 0.326 e. The van der Waals surface area contributed by atoms with E-state index in [9.17, 15) is 0 Å². The Bertz CT molecular complexity index is 468. The van der Waals surface area contributed by atoms with Crippen molar-refractivity contribution < 1.29 is 24.0 Å². The van der Waals surface area contributed by atoms with Crippen LogP contribution in [0.4, 0.5) is 0 Å². The number of benzene rings is 1. The van der Waals surface area contributed by atoms with Crippen molar-refractivity contribution in [1.29, 1.82) is 0 Å². The normalized spacial score (nSPS) is 30.9. The van der Waals surface area contributed by atoms with Crippen LogP contribution in [0.25, 0.3) is 0 Å². The third-order valence-electron chi connectivity index (χ3n) is 3.64. The van der Waals surface area contributed by atoms with Crippen LogP contribution >= 0.6 is 0 Å². The first-order valence-electron chi connectivity index (χ1n) is 6.79. The molecular weight excluding hydrogens is 260 g/mol. The molecule has 3 atom stereocenters. The summed E-state index contributed by atoms with van der Waals surface area (Å²) in [7, 11) is 0. The van der Waals surface area contributed by atoms with Crippen LogP contribution in [0.3, 0.4) is 0 Å². The van der Waals surface area contributed by atoms with Crippen LogP contribution in [0, 0.1) is 5.41 Å². The molecule has 0 unspecified atom stereocenters. The molecule has 1 saturated heterocycles. The van der Waals surface area contributed by atoms with Crippen molar-refractivity contribution in [3.8, 4) is 0 Å². The Morgan fingerprint density at radius 3 is 2.55 bits per heavy atom. The van der Waals surface area contributed by atoms with E-state index in [1.807, 2.05) is 18.2 Å². The monoisotopic (exact) mass is 280 g/mol. The number of rotatable bonds is 0. The molecule has 3 rings (SSSR count). The van der Waals surface area contributed by atoms with Gasteiger partial charge in [0.1, 0.15) is 0 Å². The molecule has 1 aromatic rings. The van der Waals surface area contributed by atoms with Gasteiger partial charge in [-0.3, -0.25) is 0 Å². The zero-order chi connectivity index (χ0) is 14.2. The van der Waals surface area contributed by atoms with Crippen LogP contribution in [0.1, 0.15) is 44.1 Å². The number of hydrogen-bond donors (Lipinski definition) is 0. The fraction of sp³-hybridized carbons (Fsp3) is 0.600. The summed E-state index contributed by atoms with van der Waals surface area (Å²) in [6, 6.07) is 8.12. The topological polar surface area (TPSA) is 46.2 Å². The van der Waals surface area contributed by atoms with Crippen molar-refractivity contribution in [2.45, 2.75) is 39.3 Å². The minimum atomic E-state index is -0.517. The van der Waals surface area contributed by atoms with E-state index >= 15 is 0 Å². The Hall–Kier alpha value is -0.980. The minimum Gasteiger partial charge on any atom is -0.326 e. The van der Waals surface area contributed by atoms with Gasteiger partial charge in [-0.25, -0.2) is 9.78 Å². The number of hydrogen-bond acceptors (Lipinski definition) is 5. The molecule has 2 bridgehead atoms. The summed E-state index contributed by atoms with van der Waals surface area (Å²) in [6.45, 7) is 6.61. The van der Waals surface area contributed by atoms with Gasteiger partial charge < -0.3 is 14.2 Å². The van der Waals surface area contributed by atoms with Crippen LogP contribution in [0.2, 0.25) is 0 Å². The molecule has 0 saturated carbocycles. The molecule has 1 fully saturated rings.